The standard InChI is InChI=1S/C20H29NO5/c1-4-17(23)14-5-6-20(3)16-8-12(7-15(14)16)18(20)25-9-13(22)10-26-19(24)11(2)21/h4,12,14-18,21,23H,1,5-10H2,2-3H3. The Hall–Kier alpha value is -1.53. The molecular weight excluding hydrogens is 334 g/mol. The number of carbonyl (C=O) groups excluding carboxylic acids is 2. The molecule has 6 heteroatoms. The molecule has 7 atom stereocenters. The summed E-state index contributed by atoms with van der Waals surface area (Å²) in [7, 11) is 0. The summed E-state index contributed by atoms with van der Waals surface area (Å²) in [6.07, 6.45) is 5.36. The van der Waals surface area contributed by atoms with Crippen molar-refractivity contribution in [3.63, 3.8) is 0 Å². The first-order chi connectivity index (χ1) is 12.3. The first-order valence-corrected chi connectivity index (χ1v) is 9.44. The third-order valence-electron chi connectivity index (χ3n) is 6.91. The van der Waals surface area contributed by atoms with Crippen molar-refractivity contribution in [3.8, 4) is 0 Å². The number of carbonyl (C=O) groups is 2. The van der Waals surface area contributed by atoms with E-state index in [9.17, 15) is 14.7 Å². The van der Waals surface area contributed by atoms with Crippen LogP contribution in [0.4, 0.5) is 0 Å². The van der Waals surface area contributed by atoms with E-state index in [2.05, 4.69) is 13.5 Å². The van der Waals surface area contributed by atoms with Gasteiger partial charge in [-0.2, -0.15) is 0 Å². The van der Waals surface area contributed by atoms with Crippen molar-refractivity contribution >= 4 is 17.5 Å². The van der Waals surface area contributed by atoms with Gasteiger partial charge in [-0.25, -0.2) is 4.79 Å². The second-order valence-electron chi connectivity index (χ2n) is 8.41. The molecule has 2 N–H and O–H groups in total. The van der Waals surface area contributed by atoms with Crippen molar-refractivity contribution in [2.75, 3.05) is 13.2 Å². The molecule has 3 fully saturated rings. The molecule has 144 valence electrons. The number of aliphatic hydroxyl groups is 1. The van der Waals surface area contributed by atoms with Crippen molar-refractivity contribution < 1.29 is 24.2 Å². The van der Waals surface area contributed by atoms with E-state index >= 15 is 0 Å². The first kappa shape index (κ1) is 19.2. The van der Waals surface area contributed by atoms with Gasteiger partial charge < -0.3 is 14.6 Å². The zero-order valence-corrected chi connectivity index (χ0v) is 15.6. The maximum Gasteiger partial charge on any atom is 0.352 e. The van der Waals surface area contributed by atoms with E-state index in [1.165, 1.54) is 6.92 Å². The van der Waals surface area contributed by atoms with Crippen LogP contribution in [0.3, 0.4) is 0 Å². The van der Waals surface area contributed by atoms with Crippen molar-refractivity contribution in [1.29, 1.82) is 5.41 Å². The smallest absolute Gasteiger partial charge is 0.352 e. The number of hydrogen-bond donors (Lipinski definition) is 2. The summed E-state index contributed by atoms with van der Waals surface area (Å²) in [5.74, 6) is 0.708. The van der Waals surface area contributed by atoms with Gasteiger partial charge >= 0.3 is 5.97 Å². The summed E-state index contributed by atoms with van der Waals surface area (Å²) in [5, 5.41) is 17.4. The predicted octanol–water partition coefficient (Wildman–Crippen LogP) is 2.14. The van der Waals surface area contributed by atoms with E-state index in [0.717, 1.165) is 25.7 Å². The molecule has 7 unspecified atom stereocenters. The van der Waals surface area contributed by atoms with Crippen molar-refractivity contribution in [1.82, 2.24) is 0 Å². The number of nitrogens with one attached hydrogen (secondary N) is 1. The predicted molar refractivity (Wildman–Crippen MR) is 95.8 cm³/mol. The molecule has 0 radical (unpaired) electrons. The lowest BCUT2D eigenvalue weighted by molar-refractivity contribution is -0.151. The molecule has 0 spiro atoms. The van der Waals surface area contributed by atoms with Crippen molar-refractivity contribution in [2.45, 2.75) is 51.7 Å². The highest BCUT2D eigenvalue weighted by Crippen LogP contribution is 2.66. The number of ether oxygens (including phenoxy) is 2. The average Bonchev–Trinajstić information content (AvgIpc) is 3.15. The monoisotopic (exact) mass is 363 g/mol. The first-order valence-electron chi connectivity index (χ1n) is 9.44. The number of Topliss-reactive ketones (excluding diaryl/α,β-unsaturated/α-hetero) is 1. The highest BCUT2D eigenvalue weighted by Gasteiger charge is 2.63. The van der Waals surface area contributed by atoms with Crippen LogP contribution in [0, 0.1) is 34.5 Å². The summed E-state index contributed by atoms with van der Waals surface area (Å²) < 4.78 is 10.8. The molecule has 2 bridgehead atoms. The molecule has 3 saturated carbocycles. The lowest BCUT2D eigenvalue weighted by Gasteiger charge is -2.52. The number of ketones is 1. The normalized spacial score (nSPS) is 38.7. The molecule has 0 aromatic heterocycles. The van der Waals surface area contributed by atoms with Gasteiger partial charge in [0.15, 0.2) is 12.4 Å². The van der Waals surface area contributed by atoms with Crippen LogP contribution in [0.25, 0.3) is 0 Å². The summed E-state index contributed by atoms with van der Waals surface area (Å²) in [6, 6.07) is 0. The molecule has 0 aromatic rings. The van der Waals surface area contributed by atoms with Crippen molar-refractivity contribution in [2.24, 2.45) is 29.1 Å². The summed E-state index contributed by atoms with van der Waals surface area (Å²) in [5.41, 5.74) is -0.170. The van der Waals surface area contributed by atoms with Crippen LogP contribution in [-0.2, 0) is 19.1 Å². The van der Waals surface area contributed by atoms with Crippen LogP contribution in [0.2, 0.25) is 0 Å². The van der Waals surface area contributed by atoms with Crippen LogP contribution in [0.15, 0.2) is 12.7 Å². The lowest BCUT2D eigenvalue weighted by atomic mass is 9.56. The van der Waals surface area contributed by atoms with Crippen LogP contribution in [0.1, 0.15) is 39.5 Å². The molecular formula is C20H29NO5. The molecule has 3 rings (SSSR count). The quantitative estimate of drug-likeness (QED) is 0.391. The van der Waals surface area contributed by atoms with E-state index in [-0.39, 0.29) is 36.2 Å². The zero-order valence-electron chi connectivity index (χ0n) is 15.6. The molecule has 0 amide bonds. The zero-order chi connectivity index (χ0) is 19.1. The number of rotatable bonds is 8. The van der Waals surface area contributed by atoms with Crippen molar-refractivity contribution in [3.05, 3.63) is 12.7 Å². The Labute approximate surface area is 154 Å². The molecule has 0 heterocycles. The van der Waals surface area contributed by atoms with E-state index in [1.807, 2.05) is 0 Å². The number of esters is 1. The van der Waals surface area contributed by atoms with Gasteiger partial charge in [-0.15, -0.1) is 6.58 Å². The number of hydrogen-bond acceptors (Lipinski definition) is 6. The Morgan fingerprint density at radius 3 is 2.77 bits per heavy atom. The maximum atomic E-state index is 12.0. The summed E-state index contributed by atoms with van der Waals surface area (Å²) >= 11 is 0. The third-order valence-corrected chi connectivity index (χ3v) is 6.91. The highest BCUT2D eigenvalue weighted by atomic mass is 16.5. The molecule has 0 aliphatic heterocycles. The number of fused-ring (bicyclic) bond motifs is 1. The molecule has 3 aliphatic carbocycles. The SMILES string of the molecule is C=CC(O)C1CCC2(C)C3CC(CC13)C2OCC(=O)COC(=O)C(C)=N. The van der Waals surface area contributed by atoms with E-state index < -0.39 is 12.1 Å². The Bertz CT molecular complexity index is 617. The minimum atomic E-state index is -0.771. The van der Waals surface area contributed by atoms with E-state index in [1.54, 1.807) is 6.08 Å². The maximum absolute atomic E-state index is 12.0. The molecule has 6 nitrogen and oxygen atoms in total. The van der Waals surface area contributed by atoms with Crippen LogP contribution >= 0.6 is 0 Å². The van der Waals surface area contributed by atoms with Gasteiger partial charge in [0.25, 0.3) is 0 Å². The Kier molecular flexibility index (Phi) is 5.35. The van der Waals surface area contributed by atoms with Gasteiger partial charge in [-0.3, -0.25) is 10.2 Å². The van der Waals surface area contributed by atoms with Gasteiger partial charge in [-0.05, 0) is 61.7 Å². The van der Waals surface area contributed by atoms with Crippen LogP contribution in [-0.4, -0.2) is 48.0 Å². The second kappa shape index (κ2) is 7.24. The number of aliphatic hydroxyl groups excluding tert-OH is 1. The highest BCUT2D eigenvalue weighted by molar-refractivity contribution is 6.34. The fourth-order valence-electron chi connectivity index (χ4n) is 5.76. The van der Waals surface area contributed by atoms with Gasteiger partial charge in [0.1, 0.15) is 12.3 Å². The topological polar surface area (TPSA) is 96.7 Å². The van der Waals surface area contributed by atoms with Gasteiger partial charge in [-0.1, -0.05) is 13.0 Å². The van der Waals surface area contributed by atoms with Crippen LogP contribution in [0.5, 0.6) is 0 Å². The summed E-state index contributed by atoms with van der Waals surface area (Å²) in [6.45, 7) is 6.92. The minimum absolute atomic E-state index is 0.0491. The second-order valence-corrected chi connectivity index (χ2v) is 8.41. The Morgan fingerprint density at radius 1 is 1.38 bits per heavy atom. The largest absolute Gasteiger partial charge is 0.453 e. The van der Waals surface area contributed by atoms with Gasteiger partial charge in [0, 0.05) is 0 Å². The Balaban J connectivity index is 1.56. The minimum Gasteiger partial charge on any atom is -0.453 e. The fourth-order valence-corrected chi connectivity index (χ4v) is 5.76. The van der Waals surface area contributed by atoms with Crippen LogP contribution < -0.4 is 0 Å². The fraction of sp³-hybridized carbons (Fsp3) is 0.750. The molecule has 0 saturated heterocycles. The van der Waals surface area contributed by atoms with Gasteiger partial charge in [0.05, 0.1) is 12.2 Å². The third kappa shape index (κ3) is 3.25. The molecule has 3 aliphatic rings. The van der Waals surface area contributed by atoms with Gasteiger partial charge in [0.2, 0.25) is 0 Å². The molecule has 0 aromatic carbocycles. The average molecular weight is 363 g/mol. The molecule has 26 heavy (non-hydrogen) atoms. The van der Waals surface area contributed by atoms with E-state index in [4.69, 9.17) is 14.9 Å². The van der Waals surface area contributed by atoms with E-state index in [0.29, 0.717) is 23.7 Å². The lowest BCUT2D eigenvalue weighted by Crippen LogP contribution is -2.50. The summed E-state index contributed by atoms with van der Waals surface area (Å²) in [4.78, 5) is 23.2. The Morgan fingerprint density at radius 2 is 2.12 bits per heavy atom.